The van der Waals surface area contributed by atoms with Crippen LogP contribution in [0.25, 0.3) is 0 Å². The van der Waals surface area contributed by atoms with Gasteiger partial charge in [-0.3, -0.25) is 5.41 Å². The minimum absolute atomic E-state index is 0.116. The Balaban J connectivity index is 2.36. The summed E-state index contributed by atoms with van der Waals surface area (Å²) in [6.45, 7) is 5.72. The van der Waals surface area contributed by atoms with Crippen LogP contribution >= 0.6 is 0 Å². The van der Waals surface area contributed by atoms with Gasteiger partial charge in [-0.25, -0.2) is 0 Å². The van der Waals surface area contributed by atoms with E-state index in [4.69, 9.17) is 15.9 Å². The number of hydrogen-bond acceptors (Lipinski definition) is 2. The summed E-state index contributed by atoms with van der Waals surface area (Å²) in [4.78, 5) is 0. The molecular formula is C15H24N2O. The van der Waals surface area contributed by atoms with Crippen LogP contribution in [0.15, 0.2) is 18.2 Å². The summed E-state index contributed by atoms with van der Waals surface area (Å²) in [5.74, 6) is 0.116. The lowest BCUT2D eigenvalue weighted by Crippen LogP contribution is -2.11. The van der Waals surface area contributed by atoms with Crippen LogP contribution in [0.3, 0.4) is 0 Å². The lowest BCUT2D eigenvalue weighted by atomic mass is 10.1. The van der Waals surface area contributed by atoms with Gasteiger partial charge >= 0.3 is 0 Å². The molecule has 0 aliphatic carbocycles. The van der Waals surface area contributed by atoms with Gasteiger partial charge in [0.2, 0.25) is 0 Å². The first-order chi connectivity index (χ1) is 8.65. The number of amidine groups is 1. The molecule has 0 saturated carbocycles. The summed E-state index contributed by atoms with van der Waals surface area (Å²) in [6.07, 6.45) is 4.93. The molecule has 0 aliphatic rings. The van der Waals surface area contributed by atoms with Crippen molar-refractivity contribution in [2.24, 2.45) is 5.73 Å². The molecule has 1 rings (SSSR count). The number of rotatable bonds is 8. The van der Waals surface area contributed by atoms with Crippen molar-refractivity contribution in [3.8, 4) is 0 Å². The van der Waals surface area contributed by atoms with E-state index in [1.165, 1.54) is 24.8 Å². The zero-order chi connectivity index (χ0) is 13.4. The summed E-state index contributed by atoms with van der Waals surface area (Å²) < 4.78 is 5.66. The number of nitrogens with one attached hydrogen (secondary N) is 1. The number of aryl methyl sites for hydroxylation is 1. The van der Waals surface area contributed by atoms with Crippen LogP contribution in [-0.2, 0) is 11.3 Å². The maximum Gasteiger partial charge on any atom is 0.122 e. The summed E-state index contributed by atoms with van der Waals surface area (Å²) in [5, 5.41) is 7.38. The van der Waals surface area contributed by atoms with E-state index in [2.05, 4.69) is 6.92 Å². The predicted octanol–water partition coefficient (Wildman–Crippen LogP) is 3.38. The fourth-order valence-electron chi connectivity index (χ4n) is 1.84. The second-order valence-corrected chi connectivity index (χ2v) is 4.67. The maximum atomic E-state index is 7.38. The number of unbranched alkanes of at least 4 members (excludes halogenated alkanes) is 3. The topological polar surface area (TPSA) is 59.1 Å². The first-order valence-electron chi connectivity index (χ1n) is 6.66. The van der Waals surface area contributed by atoms with E-state index in [0.717, 1.165) is 24.2 Å². The van der Waals surface area contributed by atoms with Gasteiger partial charge in [0.25, 0.3) is 0 Å². The van der Waals surface area contributed by atoms with Crippen molar-refractivity contribution in [2.75, 3.05) is 6.61 Å². The van der Waals surface area contributed by atoms with Crippen LogP contribution in [0.2, 0.25) is 0 Å². The molecular weight excluding hydrogens is 224 g/mol. The van der Waals surface area contributed by atoms with Crippen molar-refractivity contribution < 1.29 is 4.74 Å². The van der Waals surface area contributed by atoms with Gasteiger partial charge < -0.3 is 10.5 Å². The average molecular weight is 248 g/mol. The van der Waals surface area contributed by atoms with Crippen molar-refractivity contribution in [2.45, 2.75) is 46.1 Å². The monoisotopic (exact) mass is 248 g/mol. The highest BCUT2D eigenvalue weighted by atomic mass is 16.5. The second kappa shape index (κ2) is 7.88. The Labute approximate surface area is 110 Å². The first kappa shape index (κ1) is 14.7. The van der Waals surface area contributed by atoms with Crippen molar-refractivity contribution in [1.82, 2.24) is 0 Å². The minimum Gasteiger partial charge on any atom is -0.384 e. The normalized spacial score (nSPS) is 10.6. The molecule has 0 aliphatic heterocycles. The number of ether oxygens (including phenoxy) is 1. The largest absolute Gasteiger partial charge is 0.384 e. The molecule has 3 nitrogen and oxygen atoms in total. The third-order valence-electron chi connectivity index (χ3n) is 3.05. The molecule has 0 amide bonds. The lowest BCUT2D eigenvalue weighted by molar-refractivity contribution is 0.116. The molecule has 1 aromatic rings. The quantitative estimate of drug-likeness (QED) is 0.421. The SMILES string of the molecule is CCCCCCOCc1ccc(C(=N)N)cc1C. The highest BCUT2D eigenvalue weighted by Crippen LogP contribution is 2.12. The van der Waals surface area contributed by atoms with E-state index >= 15 is 0 Å². The minimum atomic E-state index is 0.116. The standard InChI is InChI=1S/C15H24N2O/c1-3-4-5-6-9-18-11-14-8-7-13(15(16)17)10-12(14)2/h7-8,10H,3-6,9,11H2,1-2H3,(H3,16,17). The third-order valence-corrected chi connectivity index (χ3v) is 3.05. The number of benzene rings is 1. The van der Waals surface area contributed by atoms with Crippen LogP contribution in [0.5, 0.6) is 0 Å². The van der Waals surface area contributed by atoms with Crippen molar-refractivity contribution in [1.29, 1.82) is 5.41 Å². The fraction of sp³-hybridized carbons (Fsp3) is 0.533. The molecule has 3 N–H and O–H groups in total. The molecule has 0 saturated heterocycles. The molecule has 0 fully saturated rings. The second-order valence-electron chi connectivity index (χ2n) is 4.67. The zero-order valence-electron chi connectivity index (χ0n) is 11.5. The van der Waals surface area contributed by atoms with E-state index in [0.29, 0.717) is 6.61 Å². The number of nitrogens with two attached hydrogens (primary N) is 1. The molecule has 0 aromatic heterocycles. The van der Waals surface area contributed by atoms with Crippen LogP contribution in [0, 0.1) is 12.3 Å². The molecule has 100 valence electrons. The first-order valence-corrected chi connectivity index (χ1v) is 6.66. The van der Waals surface area contributed by atoms with Gasteiger partial charge in [-0.05, 0) is 30.5 Å². The van der Waals surface area contributed by atoms with Gasteiger partial charge in [-0.15, -0.1) is 0 Å². The van der Waals surface area contributed by atoms with E-state index < -0.39 is 0 Å². The van der Waals surface area contributed by atoms with Crippen molar-refractivity contribution in [3.05, 3.63) is 34.9 Å². The molecule has 18 heavy (non-hydrogen) atoms. The van der Waals surface area contributed by atoms with Gasteiger partial charge in [0.05, 0.1) is 6.61 Å². The van der Waals surface area contributed by atoms with Gasteiger partial charge in [-0.2, -0.15) is 0 Å². The van der Waals surface area contributed by atoms with E-state index in [-0.39, 0.29) is 5.84 Å². The summed E-state index contributed by atoms with van der Waals surface area (Å²) >= 11 is 0. The van der Waals surface area contributed by atoms with Crippen LogP contribution in [-0.4, -0.2) is 12.4 Å². The Kier molecular flexibility index (Phi) is 6.44. The number of hydrogen-bond donors (Lipinski definition) is 2. The van der Waals surface area contributed by atoms with Gasteiger partial charge in [0, 0.05) is 12.2 Å². The maximum absolute atomic E-state index is 7.38. The van der Waals surface area contributed by atoms with Crippen molar-refractivity contribution >= 4 is 5.84 Å². The van der Waals surface area contributed by atoms with E-state index in [1.807, 2.05) is 25.1 Å². The smallest absolute Gasteiger partial charge is 0.122 e. The summed E-state index contributed by atoms with van der Waals surface area (Å²) in [5.41, 5.74) is 8.54. The van der Waals surface area contributed by atoms with Crippen LogP contribution < -0.4 is 5.73 Å². The van der Waals surface area contributed by atoms with Gasteiger partial charge in [0.15, 0.2) is 0 Å². The Hall–Kier alpha value is -1.35. The molecule has 0 atom stereocenters. The van der Waals surface area contributed by atoms with Gasteiger partial charge in [-0.1, -0.05) is 38.3 Å². The Morgan fingerprint density at radius 3 is 2.67 bits per heavy atom. The Morgan fingerprint density at radius 1 is 1.28 bits per heavy atom. The van der Waals surface area contributed by atoms with E-state index in [9.17, 15) is 0 Å². The highest BCUT2D eigenvalue weighted by Gasteiger charge is 2.02. The molecule has 0 radical (unpaired) electrons. The molecule has 1 aromatic carbocycles. The molecule has 0 heterocycles. The fourth-order valence-corrected chi connectivity index (χ4v) is 1.84. The zero-order valence-corrected chi connectivity index (χ0v) is 11.5. The lowest BCUT2D eigenvalue weighted by Gasteiger charge is -2.09. The van der Waals surface area contributed by atoms with Gasteiger partial charge in [0.1, 0.15) is 5.84 Å². The van der Waals surface area contributed by atoms with Crippen LogP contribution in [0.1, 0.15) is 49.3 Å². The molecule has 3 heteroatoms. The molecule has 0 bridgehead atoms. The predicted molar refractivity (Wildman–Crippen MR) is 76.0 cm³/mol. The Morgan fingerprint density at radius 2 is 2.06 bits per heavy atom. The summed E-state index contributed by atoms with van der Waals surface area (Å²) in [6, 6.07) is 5.82. The highest BCUT2D eigenvalue weighted by molar-refractivity contribution is 5.95. The summed E-state index contributed by atoms with van der Waals surface area (Å²) in [7, 11) is 0. The third kappa shape index (κ3) is 4.88. The number of nitrogen functional groups attached to an aromatic ring is 1. The van der Waals surface area contributed by atoms with Crippen molar-refractivity contribution in [3.63, 3.8) is 0 Å². The average Bonchev–Trinajstić information content (AvgIpc) is 2.35. The Bertz CT molecular complexity index is 388. The van der Waals surface area contributed by atoms with Crippen LogP contribution in [0.4, 0.5) is 0 Å². The molecule has 0 spiro atoms. The molecule has 0 unspecified atom stereocenters. The van der Waals surface area contributed by atoms with E-state index in [1.54, 1.807) is 0 Å².